The Morgan fingerprint density at radius 2 is 2.22 bits per heavy atom. The lowest BCUT2D eigenvalue weighted by Crippen LogP contribution is -2.33. The van der Waals surface area contributed by atoms with Gasteiger partial charge in [-0.25, -0.2) is 4.98 Å². The molecular formula is C14H17N3S. The maximum absolute atomic E-state index is 4.80. The van der Waals surface area contributed by atoms with Crippen LogP contribution >= 0.6 is 11.3 Å². The first-order valence-corrected chi connectivity index (χ1v) is 7.47. The quantitative estimate of drug-likeness (QED) is 0.852. The third kappa shape index (κ3) is 1.49. The van der Waals surface area contributed by atoms with Gasteiger partial charge in [-0.3, -0.25) is 0 Å². The summed E-state index contributed by atoms with van der Waals surface area (Å²) in [6, 6.07) is 9.05. The van der Waals surface area contributed by atoms with Crippen molar-refractivity contribution in [1.29, 1.82) is 0 Å². The normalized spacial score (nSPS) is 31.2. The highest BCUT2D eigenvalue weighted by molar-refractivity contribution is 7.22. The first-order chi connectivity index (χ1) is 8.83. The molecule has 1 aromatic heterocycles. The Kier molecular flexibility index (Phi) is 2.35. The van der Waals surface area contributed by atoms with Crippen molar-refractivity contribution in [2.24, 2.45) is 11.8 Å². The van der Waals surface area contributed by atoms with Crippen LogP contribution in [0.25, 0.3) is 10.2 Å². The molecule has 3 heterocycles. The topological polar surface area (TPSA) is 28.2 Å². The van der Waals surface area contributed by atoms with E-state index in [2.05, 4.69) is 41.4 Å². The van der Waals surface area contributed by atoms with Crippen LogP contribution in [-0.2, 0) is 0 Å². The Morgan fingerprint density at radius 3 is 3.06 bits per heavy atom. The van der Waals surface area contributed by atoms with Gasteiger partial charge in [0.1, 0.15) is 0 Å². The summed E-state index contributed by atoms with van der Waals surface area (Å²) in [6.45, 7) is 5.87. The molecule has 3 atom stereocenters. The van der Waals surface area contributed by atoms with Crippen molar-refractivity contribution >= 4 is 26.7 Å². The number of benzene rings is 1. The van der Waals surface area contributed by atoms with Crippen molar-refractivity contribution in [1.82, 2.24) is 10.3 Å². The van der Waals surface area contributed by atoms with E-state index in [1.54, 1.807) is 0 Å². The number of rotatable bonds is 1. The largest absolute Gasteiger partial charge is 0.345 e. The number of hydrogen-bond acceptors (Lipinski definition) is 4. The number of nitrogens with zero attached hydrogens (tertiary/aromatic N) is 2. The van der Waals surface area contributed by atoms with Gasteiger partial charge >= 0.3 is 0 Å². The molecule has 3 unspecified atom stereocenters. The van der Waals surface area contributed by atoms with Crippen molar-refractivity contribution in [2.75, 3.05) is 24.5 Å². The molecule has 0 saturated carbocycles. The zero-order valence-electron chi connectivity index (χ0n) is 10.5. The molecule has 2 aliphatic rings. The van der Waals surface area contributed by atoms with Gasteiger partial charge < -0.3 is 10.2 Å². The molecule has 4 heteroatoms. The summed E-state index contributed by atoms with van der Waals surface area (Å²) in [6.07, 6.45) is 0. The summed E-state index contributed by atoms with van der Waals surface area (Å²) >= 11 is 1.83. The fraction of sp³-hybridized carbons (Fsp3) is 0.500. The second-order valence-electron chi connectivity index (χ2n) is 5.44. The molecule has 0 amide bonds. The minimum atomic E-state index is 0.616. The molecule has 1 aromatic carbocycles. The number of hydrogen-bond donors (Lipinski definition) is 1. The smallest absolute Gasteiger partial charge is 0.186 e. The van der Waals surface area contributed by atoms with Gasteiger partial charge in [0, 0.05) is 25.7 Å². The first-order valence-electron chi connectivity index (χ1n) is 6.66. The highest BCUT2D eigenvalue weighted by Gasteiger charge is 2.42. The van der Waals surface area contributed by atoms with Gasteiger partial charge in [0.05, 0.1) is 10.2 Å². The van der Waals surface area contributed by atoms with E-state index >= 15 is 0 Å². The van der Waals surface area contributed by atoms with Crippen molar-refractivity contribution in [2.45, 2.75) is 13.0 Å². The summed E-state index contributed by atoms with van der Waals surface area (Å²) in [5.41, 5.74) is 1.14. The first kappa shape index (κ1) is 10.8. The van der Waals surface area contributed by atoms with Gasteiger partial charge in [-0.05, 0) is 30.9 Å². The van der Waals surface area contributed by atoms with Crippen molar-refractivity contribution in [3.05, 3.63) is 24.3 Å². The van der Waals surface area contributed by atoms with Crippen LogP contribution in [0.3, 0.4) is 0 Å². The summed E-state index contributed by atoms with van der Waals surface area (Å²) in [5, 5.41) is 4.72. The molecule has 2 aromatic rings. The standard InChI is InChI=1S/C14H17N3S/c1-9-11-7-15-6-10(11)8-17(9)14-16-12-4-2-3-5-13(12)18-14/h2-5,9-11,15H,6-8H2,1H3. The second-order valence-corrected chi connectivity index (χ2v) is 6.45. The molecule has 0 spiro atoms. The number of para-hydroxylation sites is 1. The lowest BCUT2D eigenvalue weighted by molar-refractivity contribution is 0.471. The van der Waals surface area contributed by atoms with Gasteiger partial charge in [0.25, 0.3) is 0 Å². The third-order valence-corrected chi connectivity index (χ3v) is 5.54. The van der Waals surface area contributed by atoms with E-state index in [1.165, 1.54) is 29.5 Å². The summed E-state index contributed by atoms with van der Waals surface area (Å²) in [4.78, 5) is 7.31. The molecule has 4 rings (SSSR count). The molecule has 3 nitrogen and oxygen atoms in total. The van der Waals surface area contributed by atoms with Crippen LogP contribution in [0, 0.1) is 11.8 Å². The Morgan fingerprint density at radius 1 is 1.33 bits per heavy atom. The van der Waals surface area contributed by atoms with Gasteiger partial charge in [0.15, 0.2) is 5.13 Å². The minimum absolute atomic E-state index is 0.616. The number of fused-ring (bicyclic) bond motifs is 2. The Balaban J connectivity index is 1.71. The van der Waals surface area contributed by atoms with Crippen LogP contribution < -0.4 is 10.2 Å². The lowest BCUT2D eigenvalue weighted by Gasteiger charge is -2.23. The molecule has 0 radical (unpaired) electrons. The number of anilines is 1. The monoisotopic (exact) mass is 259 g/mol. The van der Waals surface area contributed by atoms with E-state index < -0.39 is 0 Å². The average Bonchev–Trinajstić information content (AvgIpc) is 3.04. The Hall–Kier alpha value is -1.13. The van der Waals surface area contributed by atoms with Crippen molar-refractivity contribution in [3.8, 4) is 0 Å². The predicted octanol–water partition coefficient (Wildman–Crippen LogP) is 2.34. The number of nitrogens with one attached hydrogen (secondary N) is 1. The van der Waals surface area contributed by atoms with Crippen molar-refractivity contribution in [3.63, 3.8) is 0 Å². The summed E-state index contributed by atoms with van der Waals surface area (Å²) < 4.78 is 1.30. The van der Waals surface area contributed by atoms with Crippen LogP contribution in [0.2, 0.25) is 0 Å². The molecular weight excluding hydrogens is 242 g/mol. The van der Waals surface area contributed by atoms with E-state index in [1.807, 2.05) is 11.3 Å². The number of aromatic nitrogens is 1. The molecule has 2 saturated heterocycles. The van der Waals surface area contributed by atoms with Crippen LogP contribution in [-0.4, -0.2) is 30.7 Å². The SMILES string of the molecule is CC1C2CNCC2CN1c1nc2ccccc2s1. The van der Waals surface area contributed by atoms with E-state index in [-0.39, 0.29) is 0 Å². The fourth-order valence-electron chi connectivity index (χ4n) is 3.40. The van der Waals surface area contributed by atoms with E-state index in [0.717, 1.165) is 17.4 Å². The molecule has 2 fully saturated rings. The zero-order valence-corrected chi connectivity index (χ0v) is 11.3. The lowest BCUT2D eigenvalue weighted by atomic mass is 9.95. The van der Waals surface area contributed by atoms with Gasteiger partial charge in [-0.2, -0.15) is 0 Å². The predicted molar refractivity (Wildman–Crippen MR) is 76.3 cm³/mol. The van der Waals surface area contributed by atoms with E-state index in [4.69, 9.17) is 4.98 Å². The summed E-state index contributed by atoms with van der Waals surface area (Å²) in [5.74, 6) is 1.61. The molecule has 1 N–H and O–H groups in total. The van der Waals surface area contributed by atoms with Crippen LogP contribution in [0.5, 0.6) is 0 Å². The molecule has 0 bridgehead atoms. The van der Waals surface area contributed by atoms with Crippen LogP contribution in [0.15, 0.2) is 24.3 Å². The second kappa shape index (κ2) is 3.93. The van der Waals surface area contributed by atoms with Crippen LogP contribution in [0.4, 0.5) is 5.13 Å². The molecule has 0 aliphatic carbocycles. The Bertz CT molecular complexity index is 546. The average molecular weight is 259 g/mol. The van der Waals surface area contributed by atoms with E-state index in [9.17, 15) is 0 Å². The van der Waals surface area contributed by atoms with Gasteiger partial charge in [-0.15, -0.1) is 0 Å². The zero-order chi connectivity index (χ0) is 12.1. The molecule has 2 aliphatic heterocycles. The Labute approximate surface area is 111 Å². The molecule has 94 valence electrons. The fourth-order valence-corrected chi connectivity index (χ4v) is 4.47. The van der Waals surface area contributed by atoms with Crippen LogP contribution in [0.1, 0.15) is 6.92 Å². The number of thiazole rings is 1. The highest BCUT2D eigenvalue weighted by Crippen LogP contribution is 2.38. The molecule has 18 heavy (non-hydrogen) atoms. The maximum atomic E-state index is 4.80. The highest BCUT2D eigenvalue weighted by atomic mass is 32.1. The van der Waals surface area contributed by atoms with Crippen molar-refractivity contribution < 1.29 is 0 Å². The van der Waals surface area contributed by atoms with Gasteiger partial charge in [0.2, 0.25) is 0 Å². The third-order valence-electron chi connectivity index (χ3n) is 4.46. The van der Waals surface area contributed by atoms with Gasteiger partial charge in [-0.1, -0.05) is 23.5 Å². The minimum Gasteiger partial charge on any atom is -0.345 e. The maximum Gasteiger partial charge on any atom is 0.186 e. The van der Waals surface area contributed by atoms with E-state index in [0.29, 0.717) is 6.04 Å². The summed E-state index contributed by atoms with van der Waals surface area (Å²) in [7, 11) is 0.